The molecule has 0 spiro atoms. The van der Waals surface area contributed by atoms with Crippen LogP contribution in [0.4, 0.5) is 9.18 Å². The molecule has 8 heteroatoms. The van der Waals surface area contributed by atoms with Crippen molar-refractivity contribution in [1.29, 1.82) is 5.26 Å². The predicted octanol–water partition coefficient (Wildman–Crippen LogP) is 5.53. The molecule has 1 amide bonds. The second-order valence-corrected chi connectivity index (χ2v) is 9.09. The van der Waals surface area contributed by atoms with Crippen molar-refractivity contribution in [2.45, 2.75) is 19.5 Å². The van der Waals surface area contributed by atoms with Crippen LogP contribution < -0.4 is 5.32 Å². The Morgan fingerprint density at radius 3 is 2.81 bits per heavy atom. The molecule has 5 rings (SSSR count). The van der Waals surface area contributed by atoms with E-state index in [1.165, 1.54) is 6.07 Å². The fraction of sp³-hybridized carbons (Fsp3) is 0.179. The van der Waals surface area contributed by atoms with Crippen LogP contribution in [0.2, 0.25) is 5.02 Å². The van der Waals surface area contributed by atoms with Gasteiger partial charge in [0.15, 0.2) is 0 Å². The van der Waals surface area contributed by atoms with Gasteiger partial charge in [0, 0.05) is 56.1 Å². The topological polar surface area (TPSA) is 74.0 Å². The Morgan fingerprint density at radius 1 is 1.19 bits per heavy atom. The van der Waals surface area contributed by atoms with Crippen molar-refractivity contribution in [3.63, 3.8) is 0 Å². The van der Waals surface area contributed by atoms with E-state index in [0.29, 0.717) is 31.6 Å². The third kappa shape index (κ3) is 4.87. The molecule has 3 heterocycles. The molecule has 0 unspecified atom stereocenters. The monoisotopic (exact) mass is 499 g/mol. The summed E-state index contributed by atoms with van der Waals surface area (Å²) in [6.07, 6.45) is 7.96. The molecule has 2 aromatic carbocycles. The molecule has 1 N–H and O–H groups in total. The largest absolute Gasteiger partial charge is 0.333 e. The van der Waals surface area contributed by atoms with Crippen LogP contribution in [0.25, 0.3) is 17.0 Å². The fourth-order valence-electron chi connectivity index (χ4n) is 4.58. The molecule has 0 bridgehead atoms. The molecule has 0 atom stereocenters. The van der Waals surface area contributed by atoms with Crippen molar-refractivity contribution in [1.82, 2.24) is 19.8 Å². The van der Waals surface area contributed by atoms with Crippen molar-refractivity contribution < 1.29 is 9.18 Å². The van der Waals surface area contributed by atoms with E-state index in [1.54, 1.807) is 41.2 Å². The van der Waals surface area contributed by atoms with Crippen molar-refractivity contribution in [2.24, 2.45) is 0 Å². The Labute approximate surface area is 213 Å². The number of nitrogens with zero attached hydrogens (tertiary/aromatic N) is 4. The van der Waals surface area contributed by atoms with Gasteiger partial charge in [0.05, 0.1) is 22.2 Å². The number of halogens is 2. The molecule has 1 aliphatic heterocycles. The minimum atomic E-state index is -0.437. The zero-order valence-corrected chi connectivity index (χ0v) is 20.2. The van der Waals surface area contributed by atoms with Crippen LogP contribution in [0.15, 0.2) is 67.0 Å². The van der Waals surface area contributed by atoms with Crippen LogP contribution in [0.5, 0.6) is 0 Å². The molecule has 0 aliphatic carbocycles. The lowest BCUT2D eigenvalue weighted by Crippen LogP contribution is -2.34. The first-order valence-electron chi connectivity index (χ1n) is 11.6. The highest BCUT2D eigenvalue weighted by Gasteiger charge is 2.26. The van der Waals surface area contributed by atoms with E-state index in [-0.39, 0.29) is 11.1 Å². The van der Waals surface area contributed by atoms with Gasteiger partial charge in [-0.25, -0.2) is 9.18 Å². The number of amides is 1. The van der Waals surface area contributed by atoms with Crippen LogP contribution in [-0.2, 0) is 19.5 Å². The van der Waals surface area contributed by atoms with E-state index < -0.39 is 5.82 Å². The summed E-state index contributed by atoms with van der Waals surface area (Å²) in [6, 6.07) is 15.9. The summed E-state index contributed by atoms with van der Waals surface area (Å²) in [4.78, 5) is 19.6. The highest BCUT2D eigenvalue weighted by molar-refractivity contribution is 6.30. The maximum atomic E-state index is 13.7. The van der Waals surface area contributed by atoms with Crippen LogP contribution in [0.1, 0.15) is 27.9 Å². The van der Waals surface area contributed by atoms with Gasteiger partial charge in [-0.2, -0.15) is 5.26 Å². The van der Waals surface area contributed by atoms with Gasteiger partial charge in [-0.15, -0.1) is 0 Å². The molecular weight excluding hydrogens is 477 g/mol. The number of hydrogen-bond acceptors (Lipinski definition) is 4. The Balaban J connectivity index is 1.39. The summed E-state index contributed by atoms with van der Waals surface area (Å²) in [6.45, 7) is 2.50. The van der Waals surface area contributed by atoms with E-state index in [1.807, 2.05) is 30.4 Å². The Hall–Kier alpha value is -3.99. The number of carbonyl (C=O) groups excluding carboxylic acids is 1. The number of aromatic nitrogens is 2. The maximum absolute atomic E-state index is 13.7. The first-order chi connectivity index (χ1) is 17.5. The maximum Gasteiger partial charge on any atom is 0.326 e. The van der Waals surface area contributed by atoms with Crippen LogP contribution in [0, 0.1) is 17.1 Å². The van der Waals surface area contributed by atoms with Gasteiger partial charge in [-0.05, 0) is 53.1 Å². The van der Waals surface area contributed by atoms with Crippen molar-refractivity contribution >= 4 is 34.6 Å². The molecule has 1 aliphatic rings. The second-order valence-electron chi connectivity index (χ2n) is 8.68. The second kappa shape index (κ2) is 10.3. The van der Waals surface area contributed by atoms with Gasteiger partial charge in [-0.3, -0.25) is 14.5 Å². The predicted molar refractivity (Wildman–Crippen MR) is 138 cm³/mol. The van der Waals surface area contributed by atoms with Gasteiger partial charge in [0.1, 0.15) is 5.82 Å². The molecule has 0 fully saturated rings. The summed E-state index contributed by atoms with van der Waals surface area (Å²) in [7, 11) is 0. The van der Waals surface area contributed by atoms with Gasteiger partial charge >= 0.3 is 6.03 Å². The van der Waals surface area contributed by atoms with Gasteiger partial charge in [0.2, 0.25) is 0 Å². The number of rotatable bonds is 5. The molecule has 0 radical (unpaired) electrons. The van der Waals surface area contributed by atoms with Crippen molar-refractivity contribution in [2.75, 3.05) is 13.1 Å². The number of fused-ring (bicyclic) bond motifs is 3. The summed E-state index contributed by atoms with van der Waals surface area (Å²) < 4.78 is 15.4. The molecule has 4 aromatic rings. The molecule has 0 saturated heterocycles. The van der Waals surface area contributed by atoms with Gasteiger partial charge in [0.25, 0.3) is 0 Å². The summed E-state index contributed by atoms with van der Waals surface area (Å²) in [5.41, 5.74) is 5.01. The average Bonchev–Trinajstić information content (AvgIpc) is 3.23. The zero-order chi connectivity index (χ0) is 25.1. The number of nitriles is 1. The van der Waals surface area contributed by atoms with Crippen LogP contribution in [-0.4, -0.2) is 33.6 Å². The normalized spacial score (nSPS) is 13.6. The molecular formula is C28H23ClFN5O. The Morgan fingerprint density at radius 2 is 2.03 bits per heavy atom. The van der Waals surface area contributed by atoms with Gasteiger partial charge in [-0.1, -0.05) is 35.9 Å². The summed E-state index contributed by atoms with van der Waals surface area (Å²) >= 11 is 5.77. The first kappa shape index (κ1) is 23.7. The van der Waals surface area contributed by atoms with E-state index in [2.05, 4.69) is 21.3 Å². The molecule has 180 valence electrons. The number of pyridine rings is 1. The zero-order valence-electron chi connectivity index (χ0n) is 19.4. The molecule has 36 heavy (non-hydrogen) atoms. The lowest BCUT2D eigenvalue weighted by Gasteiger charge is -2.27. The van der Waals surface area contributed by atoms with E-state index in [9.17, 15) is 14.4 Å². The first-order valence-corrected chi connectivity index (χ1v) is 12.0. The number of carbonyl (C=O) groups is 1. The Kier molecular flexibility index (Phi) is 6.81. The molecule has 2 aromatic heterocycles. The third-order valence-corrected chi connectivity index (χ3v) is 6.68. The molecule has 0 saturated carbocycles. The SMILES string of the molecule is N#Cc1ccc2c3c(n(C(=O)NCc4ccncc4)c2c1)CCN(CC=Cc1ccc(Cl)c(F)c1)C3. The third-order valence-electron chi connectivity index (χ3n) is 6.37. The minimum absolute atomic E-state index is 0.108. The van der Waals surface area contributed by atoms with E-state index >= 15 is 0 Å². The quantitative estimate of drug-likeness (QED) is 0.392. The number of hydrogen-bond donors (Lipinski definition) is 1. The van der Waals surface area contributed by atoms with Crippen molar-refractivity contribution in [3.8, 4) is 6.07 Å². The van der Waals surface area contributed by atoms with E-state index in [0.717, 1.165) is 39.8 Å². The number of nitrogens with one attached hydrogen (secondary N) is 1. The smallest absolute Gasteiger partial charge is 0.326 e. The van der Waals surface area contributed by atoms with Crippen molar-refractivity contribution in [3.05, 3.63) is 106 Å². The summed E-state index contributed by atoms with van der Waals surface area (Å²) in [5.74, 6) is -0.437. The van der Waals surface area contributed by atoms with Crippen LogP contribution >= 0.6 is 11.6 Å². The summed E-state index contributed by atoms with van der Waals surface area (Å²) in [5, 5.41) is 13.5. The van der Waals surface area contributed by atoms with E-state index in [4.69, 9.17) is 11.6 Å². The fourth-order valence-corrected chi connectivity index (χ4v) is 4.70. The molecule has 6 nitrogen and oxygen atoms in total. The number of benzene rings is 2. The standard InChI is InChI=1S/C28H23ClFN5O/c29-24-6-4-19(14-25(24)30)2-1-12-34-13-9-26-23(18-34)22-5-3-21(16-31)15-27(22)35(26)28(36)33-17-20-7-10-32-11-8-20/h1-8,10-11,14-15H,9,12-13,17-18H2,(H,33,36). The lowest BCUT2D eigenvalue weighted by molar-refractivity contribution is 0.240. The highest BCUT2D eigenvalue weighted by Crippen LogP contribution is 2.31. The lowest BCUT2D eigenvalue weighted by atomic mass is 10.0. The minimum Gasteiger partial charge on any atom is -0.333 e. The van der Waals surface area contributed by atoms with Gasteiger partial charge < -0.3 is 5.32 Å². The van der Waals surface area contributed by atoms with Crippen LogP contribution in [0.3, 0.4) is 0 Å². The Bertz CT molecular complexity index is 1510. The highest BCUT2D eigenvalue weighted by atomic mass is 35.5. The average molecular weight is 500 g/mol.